The molecule has 0 heterocycles. The molecule has 1 rings (SSSR count). The second-order valence-corrected chi connectivity index (χ2v) is 6.10. The Balaban J connectivity index is 2.95. The molecule has 1 N–H and O–H groups in total. The fraction of sp³-hybridized carbons (Fsp3) is 0.538. The van der Waals surface area contributed by atoms with Crippen molar-refractivity contribution in [3.05, 3.63) is 33.1 Å². The van der Waals surface area contributed by atoms with Gasteiger partial charge in [-0.25, -0.2) is 4.39 Å². The van der Waals surface area contributed by atoms with Crippen LogP contribution in [0.1, 0.15) is 27.7 Å². The van der Waals surface area contributed by atoms with E-state index in [9.17, 15) is 14.5 Å². The molecule has 0 bridgehead atoms. The lowest BCUT2D eigenvalue weighted by Crippen LogP contribution is -2.25. The molecule has 0 saturated carbocycles. The van der Waals surface area contributed by atoms with Gasteiger partial charge >= 0.3 is 0 Å². The molecule has 0 aliphatic rings. The molecule has 0 saturated heterocycles. The SMILES string of the molecule is CC(CNc1cc(Cl)c(F)cc1[N+](=O)[O-])C(C)(C)C. The molecule has 0 amide bonds. The first kappa shape index (κ1) is 15.7. The summed E-state index contributed by atoms with van der Waals surface area (Å²) in [6.45, 7) is 8.86. The lowest BCUT2D eigenvalue weighted by Gasteiger charge is -2.27. The smallest absolute Gasteiger partial charge is 0.295 e. The standard InChI is InChI=1S/C13H18ClFN2O2/c1-8(13(2,3)4)7-16-11-5-9(14)10(15)6-12(11)17(18)19/h5-6,8,16H,7H2,1-4H3. The second-order valence-electron chi connectivity index (χ2n) is 5.69. The molecule has 1 aromatic rings. The summed E-state index contributed by atoms with van der Waals surface area (Å²) in [7, 11) is 0. The molecule has 19 heavy (non-hydrogen) atoms. The van der Waals surface area contributed by atoms with Gasteiger partial charge < -0.3 is 5.32 Å². The maximum Gasteiger partial charge on any atom is 0.295 e. The fourth-order valence-electron chi connectivity index (χ4n) is 1.40. The summed E-state index contributed by atoms with van der Waals surface area (Å²) in [5.74, 6) is -0.501. The Labute approximate surface area is 117 Å². The summed E-state index contributed by atoms with van der Waals surface area (Å²) < 4.78 is 13.2. The van der Waals surface area contributed by atoms with Crippen LogP contribution in [-0.2, 0) is 0 Å². The first-order valence-corrected chi connectivity index (χ1v) is 6.38. The van der Waals surface area contributed by atoms with Crippen molar-refractivity contribution in [3.8, 4) is 0 Å². The number of nitrogens with one attached hydrogen (secondary N) is 1. The van der Waals surface area contributed by atoms with E-state index in [1.807, 2.05) is 6.92 Å². The number of hydrogen-bond acceptors (Lipinski definition) is 3. The van der Waals surface area contributed by atoms with Crippen molar-refractivity contribution in [2.75, 3.05) is 11.9 Å². The van der Waals surface area contributed by atoms with Gasteiger partial charge in [0.1, 0.15) is 11.5 Å². The third-order valence-electron chi connectivity index (χ3n) is 3.31. The molecule has 0 spiro atoms. The minimum Gasteiger partial charge on any atom is -0.379 e. The van der Waals surface area contributed by atoms with E-state index in [1.165, 1.54) is 6.07 Å². The largest absolute Gasteiger partial charge is 0.379 e. The second kappa shape index (κ2) is 5.74. The Morgan fingerprint density at radius 1 is 1.47 bits per heavy atom. The predicted molar refractivity (Wildman–Crippen MR) is 75.2 cm³/mol. The molecule has 6 heteroatoms. The van der Waals surface area contributed by atoms with Crippen LogP contribution in [-0.4, -0.2) is 11.5 Å². The third-order valence-corrected chi connectivity index (χ3v) is 3.60. The zero-order valence-corrected chi connectivity index (χ0v) is 12.2. The van der Waals surface area contributed by atoms with E-state index in [0.717, 1.165) is 6.07 Å². The van der Waals surface area contributed by atoms with Crippen LogP contribution in [0.2, 0.25) is 5.02 Å². The van der Waals surface area contributed by atoms with Crippen LogP contribution in [0.3, 0.4) is 0 Å². The van der Waals surface area contributed by atoms with E-state index in [0.29, 0.717) is 6.54 Å². The van der Waals surface area contributed by atoms with Gasteiger partial charge in [-0.15, -0.1) is 0 Å². The van der Waals surface area contributed by atoms with Crippen LogP contribution < -0.4 is 5.32 Å². The molecule has 1 unspecified atom stereocenters. The van der Waals surface area contributed by atoms with Crippen LogP contribution in [0.4, 0.5) is 15.8 Å². The van der Waals surface area contributed by atoms with E-state index in [2.05, 4.69) is 26.1 Å². The molecular weight excluding hydrogens is 271 g/mol. The number of anilines is 1. The van der Waals surface area contributed by atoms with E-state index in [4.69, 9.17) is 11.6 Å². The van der Waals surface area contributed by atoms with Gasteiger partial charge in [0.05, 0.1) is 16.0 Å². The summed E-state index contributed by atoms with van der Waals surface area (Å²) >= 11 is 5.66. The number of hydrogen-bond donors (Lipinski definition) is 1. The van der Waals surface area contributed by atoms with Crippen molar-refractivity contribution in [1.29, 1.82) is 0 Å². The van der Waals surface area contributed by atoms with E-state index < -0.39 is 10.7 Å². The maximum atomic E-state index is 13.2. The molecule has 1 aromatic carbocycles. The number of benzene rings is 1. The topological polar surface area (TPSA) is 55.2 Å². The van der Waals surface area contributed by atoms with Gasteiger partial charge in [0.15, 0.2) is 0 Å². The van der Waals surface area contributed by atoms with Crippen LogP contribution >= 0.6 is 11.6 Å². The highest BCUT2D eigenvalue weighted by Gasteiger charge is 2.22. The van der Waals surface area contributed by atoms with Gasteiger partial charge in [-0.2, -0.15) is 0 Å². The van der Waals surface area contributed by atoms with Gasteiger partial charge in [-0.3, -0.25) is 10.1 Å². The Morgan fingerprint density at radius 3 is 2.53 bits per heavy atom. The maximum absolute atomic E-state index is 13.2. The molecular formula is C13H18ClFN2O2. The summed E-state index contributed by atoms with van der Waals surface area (Å²) in [5, 5.41) is 13.7. The van der Waals surface area contributed by atoms with Gasteiger partial charge in [0.25, 0.3) is 5.69 Å². The Kier molecular flexibility index (Phi) is 4.74. The summed E-state index contributed by atoms with van der Waals surface area (Å²) in [6, 6.07) is 2.09. The van der Waals surface area contributed by atoms with Crippen LogP contribution in [0.5, 0.6) is 0 Å². The highest BCUT2D eigenvalue weighted by Crippen LogP contribution is 2.32. The van der Waals surface area contributed by atoms with Gasteiger partial charge in [-0.1, -0.05) is 39.3 Å². The van der Waals surface area contributed by atoms with Crippen molar-refractivity contribution in [2.45, 2.75) is 27.7 Å². The van der Waals surface area contributed by atoms with E-state index in [-0.39, 0.29) is 27.7 Å². The van der Waals surface area contributed by atoms with Gasteiger partial charge in [0.2, 0.25) is 0 Å². The molecule has 0 aliphatic carbocycles. The summed E-state index contributed by atoms with van der Waals surface area (Å²) in [5.41, 5.74) is 0.0153. The number of rotatable bonds is 4. The highest BCUT2D eigenvalue weighted by atomic mass is 35.5. The quantitative estimate of drug-likeness (QED) is 0.656. The third kappa shape index (κ3) is 4.06. The highest BCUT2D eigenvalue weighted by molar-refractivity contribution is 6.31. The predicted octanol–water partition coefficient (Wildman–Crippen LogP) is 4.48. The summed E-state index contributed by atoms with van der Waals surface area (Å²) in [6.07, 6.45) is 0. The molecule has 1 atom stereocenters. The van der Waals surface area contributed by atoms with E-state index in [1.54, 1.807) is 0 Å². The van der Waals surface area contributed by atoms with Crippen LogP contribution in [0.25, 0.3) is 0 Å². The minimum atomic E-state index is -0.789. The molecule has 4 nitrogen and oxygen atoms in total. The lowest BCUT2D eigenvalue weighted by molar-refractivity contribution is -0.384. The molecule has 0 aromatic heterocycles. The van der Waals surface area contributed by atoms with Crippen LogP contribution in [0, 0.1) is 27.3 Å². The lowest BCUT2D eigenvalue weighted by atomic mass is 9.82. The summed E-state index contributed by atoms with van der Waals surface area (Å²) in [4.78, 5) is 10.3. The van der Waals surface area contributed by atoms with Crippen molar-refractivity contribution in [3.63, 3.8) is 0 Å². The minimum absolute atomic E-state index is 0.0750. The Bertz CT molecular complexity index is 486. The van der Waals surface area contributed by atoms with Gasteiger partial charge in [0, 0.05) is 6.54 Å². The first-order chi connectivity index (χ1) is 8.62. The van der Waals surface area contributed by atoms with E-state index >= 15 is 0 Å². The molecule has 106 valence electrons. The number of halogens is 2. The molecule has 0 fully saturated rings. The van der Waals surface area contributed by atoms with Crippen molar-refractivity contribution >= 4 is 23.0 Å². The Morgan fingerprint density at radius 2 is 2.05 bits per heavy atom. The molecule has 0 aliphatic heterocycles. The molecule has 0 radical (unpaired) electrons. The average molecular weight is 289 g/mol. The van der Waals surface area contributed by atoms with Crippen LogP contribution in [0.15, 0.2) is 12.1 Å². The number of nitro groups is 1. The normalized spacial score (nSPS) is 13.2. The van der Waals surface area contributed by atoms with Crippen molar-refractivity contribution in [2.24, 2.45) is 11.3 Å². The monoisotopic (exact) mass is 288 g/mol. The fourth-order valence-corrected chi connectivity index (χ4v) is 1.56. The van der Waals surface area contributed by atoms with Crippen molar-refractivity contribution in [1.82, 2.24) is 0 Å². The zero-order chi connectivity index (χ0) is 14.8. The first-order valence-electron chi connectivity index (χ1n) is 6.00. The number of nitrogens with zero attached hydrogens (tertiary/aromatic N) is 1. The average Bonchev–Trinajstić information content (AvgIpc) is 2.28. The number of nitro benzene ring substituents is 1. The van der Waals surface area contributed by atoms with Crippen molar-refractivity contribution < 1.29 is 9.31 Å². The Hall–Kier alpha value is -1.36. The van der Waals surface area contributed by atoms with Gasteiger partial charge in [-0.05, 0) is 17.4 Å². The zero-order valence-electron chi connectivity index (χ0n) is 11.5.